The zero-order chi connectivity index (χ0) is 69.7. The summed E-state index contributed by atoms with van der Waals surface area (Å²) >= 11 is 0. The summed E-state index contributed by atoms with van der Waals surface area (Å²) in [6, 6.07) is 12.0. The number of pyridine rings is 4. The second-order valence-electron chi connectivity index (χ2n) is 25.7. The summed E-state index contributed by atoms with van der Waals surface area (Å²) < 4.78 is 26.0. The number of allylic oxidation sites excluding steroid dienone is 1. The monoisotopic (exact) mass is 1320 g/mol. The van der Waals surface area contributed by atoms with Crippen LogP contribution in [0, 0.1) is 38.5 Å². The van der Waals surface area contributed by atoms with E-state index in [1.54, 1.807) is 87.1 Å². The normalized spacial score (nSPS) is 13.1. The molecule has 0 aromatic carbocycles. The molecular weight excluding hydrogens is 1230 g/mol. The molecule has 10 aromatic heterocycles. The molecule has 0 saturated heterocycles. The van der Waals surface area contributed by atoms with E-state index in [4.69, 9.17) is 36.1 Å². The minimum absolute atomic E-state index is 0.204. The van der Waals surface area contributed by atoms with E-state index in [9.17, 15) is 0 Å². The molecule has 3 fully saturated rings. The third-order valence-electron chi connectivity index (χ3n) is 15.7. The largest absolute Gasteiger partial charge is 0.451 e. The maximum absolute atomic E-state index is 6.28. The topological polar surface area (TPSA) is 336 Å². The summed E-state index contributed by atoms with van der Waals surface area (Å²) in [6.07, 6.45) is 24.5. The molecule has 25 heteroatoms. The SMILES string of the molecule is C=C(C)c1cnc(NC)cc1Oc1cnc(C)nc1N.CC(C)CNc1nc(N)ncc1Oc1cc(C2CC2)ncc1C(C)C.Cc1ncc(Oc2cc(C#Cc3cnc4cccnn34)ncc2C(C)C)c(N)n1.Cc1ncc(Oc2cc(C3CC3)ncc2C(C)C)c(NC2CC2)n1. The van der Waals surface area contributed by atoms with Crippen LogP contribution < -0.4 is 52.1 Å². The fourth-order valence-corrected chi connectivity index (χ4v) is 9.76. The van der Waals surface area contributed by atoms with E-state index in [0.29, 0.717) is 111 Å². The predicted octanol–water partition coefficient (Wildman–Crippen LogP) is 14.6. The minimum atomic E-state index is 0.204. The Morgan fingerprint density at radius 2 is 1.07 bits per heavy atom. The number of fused-ring (bicyclic) bond motifs is 1. The van der Waals surface area contributed by atoms with Crippen LogP contribution in [0.25, 0.3) is 11.2 Å². The highest BCUT2D eigenvalue weighted by atomic mass is 16.5. The third-order valence-corrected chi connectivity index (χ3v) is 15.7. The van der Waals surface area contributed by atoms with Crippen LogP contribution >= 0.6 is 0 Å². The number of nitrogens with zero attached hydrogens (tertiary/aromatic N) is 15. The summed E-state index contributed by atoms with van der Waals surface area (Å²) in [7, 11) is 1.79. The van der Waals surface area contributed by atoms with Crippen molar-refractivity contribution < 1.29 is 18.9 Å². The maximum atomic E-state index is 6.28. The molecule has 13 rings (SSSR count). The van der Waals surface area contributed by atoms with Gasteiger partial charge in [-0.3, -0.25) is 9.97 Å². The molecule has 0 bridgehead atoms. The summed E-state index contributed by atoms with van der Waals surface area (Å²) in [5.74, 6) is 18.5. The van der Waals surface area contributed by atoms with E-state index in [2.05, 4.69) is 172 Å². The Labute approximate surface area is 572 Å². The highest BCUT2D eigenvalue weighted by Gasteiger charge is 2.29. The van der Waals surface area contributed by atoms with Gasteiger partial charge in [0.05, 0.1) is 31.0 Å². The number of hydrogen-bond acceptors (Lipinski definition) is 24. The number of rotatable bonds is 20. The molecule has 3 saturated carbocycles. The van der Waals surface area contributed by atoms with E-state index in [1.807, 2.05) is 38.4 Å². The lowest BCUT2D eigenvalue weighted by atomic mass is 10.0. The number of anilines is 6. The maximum Gasteiger partial charge on any atom is 0.222 e. The first-order valence-corrected chi connectivity index (χ1v) is 33.1. The molecule has 3 aliphatic carbocycles. The van der Waals surface area contributed by atoms with Gasteiger partial charge in [0.1, 0.15) is 57.7 Å². The summed E-state index contributed by atoms with van der Waals surface area (Å²) in [6.45, 7) is 29.0. The van der Waals surface area contributed by atoms with Gasteiger partial charge in [-0.05, 0) is 119 Å². The number of aryl methyl sites for hydroxylation is 3. The van der Waals surface area contributed by atoms with Crippen LogP contribution in [0.2, 0.25) is 0 Å². The van der Waals surface area contributed by atoms with Crippen molar-refractivity contribution in [1.29, 1.82) is 0 Å². The van der Waals surface area contributed by atoms with Crippen LogP contribution in [0.1, 0.15) is 193 Å². The van der Waals surface area contributed by atoms with Gasteiger partial charge in [-0.15, -0.1) is 0 Å². The van der Waals surface area contributed by atoms with E-state index in [-0.39, 0.29) is 17.7 Å². The number of aromatic nitrogens is 15. The Kier molecular flexibility index (Phi) is 22.5. The van der Waals surface area contributed by atoms with Crippen molar-refractivity contribution in [3.63, 3.8) is 0 Å². The van der Waals surface area contributed by atoms with E-state index < -0.39 is 0 Å². The summed E-state index contributed by atoms with van der Waals surface area (Å²) in [5.41, 5.74) is 26.6. The molecule has 9 N–H and O–H groups in total. The van der Waals surface area contributed by atoms with Gasteiger partial charge in [0.2, 0.25) is 5.95 Å². The van der Waals surface area contributed by atoms with E-state index in [0.717, 1.165) is 74.5 Å². The Balaban J connectivity index is 0.000000143. The zero-order valence-electron chi connectivity index (χ0n) is 58.0. The van der Waals surface area contributed by atoms with Crippen molar-refractivity contribution in [2.24, 2.45) is 5.92 Å². The van der Waals surface area contributed by atoms with Crippen molar-refractivity contribution in [2.75, 3.05) is 46.7 Å². The average molecular weight is 1320 g/mol. The number of hydrogen-bond donors (Lipinski definition) is 6. The molecule has 0 amide bonds. The van der Waals surface area contributed by atoms with Gasteiger partial charge in [0.15, 0.2) is 51.9 Å². The van der Waals surface area contributed by atoms with Crippen molar-refractivity contribution in [2.45, 2.75) is 157 Å². The van der Waals surface area contributed by atoms with Crippen molar-refractivity contribution in [3.05, 3.63) is 167 Å². The molecule has 25 nitrogen and oxygen atoms in total. The lowest BCUT2D eigenvalue weighted by Gasteiger charge is -2.17. The van der Waals surface area contributed by atoms with Crippen LogP contribution in [0.5, 0.6) is 46.0 Å². The van der Waals surface area contributed by atoms with Crippen LogP contribution in [-0.2, 0) is 0 Å². The second-order valence-corrected chi connectivity index (χ2v) is 25.7. The van der Waals surface area contributed by atoms with Gasteiger partial charge < -0.3 is 52.1 Å². The molecule has 0 spiro atoms. The van der Waals surface area contributed by atoms with E-state index in [1.165, 1.54) is 38.5 Å². The average Bonchev–Trinajstić information content (AvgIpc) is 1.75. The molecule has 10 heterocycles. The molecule has 3 aliphatic rings. The Hall–Kier alpha value is -11.2. The number of imidazole rings is 1. The number of nitrogen functional groups attached to an aromatic ring is 3. The molecular formula is C73H87N21O4. The van der Waals surface area contributed by atoms with Gasteiger partial charge >= 0.3 is 0 Å². The minimum Gasteiger partial charge on any atom is -0.451 e. The Morgan fingerprint density at radius 1 is 0.551 bits per heavy atom. The van der Waals surface area contributed by atoms with Crippen LogP contribution in [0.4, 0.5) is 35.0 Å². The van der Waals surface area contributed by atoms with E-state index >= 15 is 0 Å². The van der Waals surface area contributed by atoms with Crippen LogP contribution in [0.3, 0.4) is 0 Å². The van der Waals surface area contributed by atoms with Gasteiger partial charge in [-0.25, -0.2) is 54.4 Å². The highest BCUT2D eigenvalue weighted by molar-refractivity contribution is 5.69. The van der Waals surface area contributed by atoms with Crippen molar-refractivity contribution in [1.82, 2.24) is 74.4 Å². The lowest BCUT2D eigenvalue weighted by molar-refractivity contribution is 0.467. The molecule has 0 unspecified atom stereocenters. The first kappa shape index (κ1) is 69.7. The number of nitrogens with one attached hydrogen (secondary N) is 3. The van der Waals surface area contributed by atoms with Crippen LogP contribution in [0.15, 0.2) is 105 Å². The Morgan fingerprint density at radius 3 is 1.60 bits per heavy atom. The van der Waals surface area contributed by atoms with Gasteiger partial charge in [0.25, 0.3) is 0 Å². The zero-order valence-corrected chi connectivity index (χ0v) is 58.0. The Bertz CT molecular complexity index is 4510. The van der Waals surface area contributed by atoms with Crippen molar-refractivity contribution in [3.8, 4) is 57.8 Å². The first-order chi connectivity index (χ1) is 47.0. The predicted molar refractivity (Wildman–Crippen MR) is 382 cm³/mol. The molecule has 98 heavy (non-hydrogen) atoms. The lowest BCUT2D eigenvalue weighted by Crippen LogP contribution is -2.11. The molecule has 0 atom stereocenters. The molecule has 0 radical (unpaired) electrons. The smallest absolute Gasteiger partial charge is 0.222 e. The van der Waals surface area contributed by atoms with Crippen molar-refractivity contribution >= 4 is 46.3 Å². The highest BCUT2D eigenvalue weighted by Crippen LogP contribution is 2.45. The van der Waals surface area contributed by atoms with Crippen LogP contribution in [-0.4, -0.2) is 94.0 Å². The standard InChI is InChI=1S/C21H19N7O.C19H27N5O.C19H24N4O.C14H17N5O/c1-13(2)17-11-24-15(6-7-16-10-25-20-5-4-8-26-28(16)20)9-18(17)29-19-12-23-14(3)27-21(19)22;1-11(2)8-22-18-17(10-23-19(20)24-18)25-16-7-15(13-5-6-13)21-9-14(16)12(3)4;1-11(2)15-9-21-16(13-4-5-13)8-17(15)24-18-10-20-12(3)22-19(18)23-14-6-7-14;1-8(2)10-6-18-13(16-4)5-11(10)20-12-7-17-9(3)19-14(12)15/h4-5,8-13H,1-3H3,(H2,22,23,27);7,9-13H,5-6,8H2,1-4H3,(H3,20,22,23,24);8-11,13-14H,4-7H2,1-3H3,(H,20,22,23);5-7H,1H2,2-4H3,(H,16,18)(H2,15,17,19). The fraction of sp³-hybridized carbons (Fsp3) is 0.370. The molecule has 0 aliphatic heterocycles. The number of ether oxygens (including phenoxy) is 4. The summed E-state index contributed by atoms with van der Waals surface area (Å²) in [5, 5.41) is 14.0. The van der Waals surface area contributed by atoms with Gasteiger partial charge in [0, 0.05) is 120 Å². The summed E-state index contributed by atoms with van der Waals surface area (Å²) in [4.78, 5) is 55.9. The molecule has 10 aromatic rings. The number of nitrogens with two attached hydrogens (primary N) is 3. The van der Waals surface area contributed by atoms with Gasteiger partial charge in [-0.2, -0.15) is 10.1 Å². The molecule has 508 valence electrons. The third kappa shape index (κ3) is 18.9. The first-order valence-electron chi connectivity index (χ1n) is 33.1. The van der Waals surface area contributed by atoms with Gasteiger partial charge in [-0.1, -0.05) is 62.0 Å². The quantitative estimate of drug-likeness (QED) is 0.0386. The fourth-order valence-electron chi connectivity index (χ4n) is 9.76. The second kappa shape index (κ2) is 31.6.